The van der Waals surface area contributed by atoms with Crippen molar-refractivity contribution in [3.63, 3.8) is 0 Å². The number of Topliss-reactive ketones (excluding diaryl/α,β-unsaturated/α-hetero) is 1. The predicted octanol–water partition coefficient (Wildman–Crippen LogP) is 2.06. The fraction of sp³-hybridized carbons (Fsp3) is 0.700. The Labute approximate surface area is 313 Å². The smallest absolute Gasteiger partial charge is 0.350 e. The minimum Gasteiger partial charge on any atom is -0.455 e. The molecule has 1 saturated heterocycles. The van der Waals surface area contributed by atoms with E-state index in [1.165, 1.54) is 0 Å². The van der Waals surface area contributed by atoms with Crippen molar-refractivity contribution in [3.8, 4) is 0 Å². The number of piperazine rings is 1. The maximum atomic E-state index is 14.6. The lowest BCUT2D eigenvalue weighted by molar-refractivity contribution is -0.246. The normalized spacial score (nSPS) is 38.2. The van der Waals surface area contributed by atoms with Crippen LogP contribution in [0.3, 0.4) is 0 Å². The van der Waals surface area contributed by atoms with Gasteiger partial charge in [-0.15, -0.1) is 0 Å². The second-order valence-electron chi connectivity index (χ2n) is 17.4. The van der Waals surface area contributed by atoms with Gasteiger partial charge in [0.15, 0.2) is 5.78 Å². The summed E-state index contributed by atoms with van der Waals surface area (Å²) in [7, 11) is 3.15. The third kappa shape index (κ3) is 6.52. The average Bonchev–Trinajstić information content (AvgIpc) is 3.11. The van der Waals surface area contributed by atoms with Gasteiger partial charge in [-0.1, -0.05) is 58.0 Å². The van der Waals surface area contributed by atoms with Crippen LogP contribution in [0.15, 0.2) is 41.5 Å². The Bertz CT molecular complexity index is 1610. The molecule has 5 aliphatic rings. The number of aliphatic hydroxyl groups excluding tert-OH is 2. The number of ether oxygens (including phenoxy) is 2. The van der Waals surface area contributed by atoms with Gasteiger partial charge in [0.05, 0.1) is 35.9 Å². The van der Waals surface area contributed by atoms with E-state index in [0.717, 1.165) is 33.3 Å². The van der Waals surface area contributed by atoms with Gasteiger partial charge in [0.25, 0.3) is 7.41 Å². The van der Waals surface area contributed by atoms with Gasteiger partial charge in [-0.3, -0.25) is 14.5 Å². The molecule has 2 bridgehead atoms. The van der Waals surface area contributed by atoms with Crippen molar-refractivity contribution in [2.75, 3.05) is 39.8 Å². The van der Waals surface area contributed by atoms with Crippen molar-refractivity contribution in [3.05, 3.63) is 47.0 Å². The fourth-order valence-corrected chi connectivity index (χ4v) is 11.1. The highest BCUT2D eigenvalue weighted by Gasteiger charge is 2.72. The van der Waals surface area contributed by atoms with Crippen LogP contribution in [0, 0.1) is 34.0 Å². The van der Waals surface area contributed by atoms with Gasteiger partial charge >= 0.3 is 11.9 Å². The van der Waals surface area contributed by atoms with Gasteiger partial charge in [0.2, 0.25) is 6.10 Å². The van der Waals surface area contributed by atoms with E-state index in [4.69, 9.17) is 9.47 Å². The number of benzene rings is 1. The zero-order valence-electron chi connectivity index (χ0n) is 32.2. The van der Waals surface area contributed by atoms with Crippen LogP contribution in [-0.2, 0) is 28.7 Å². The molecule has 53 heavy (non-hydrogen) atoms. The molecule has 0 unspecified atom stereocenters. The Balaban J connectivity index is 1.38. The van der Waals surface area contributed by atoms with Gasteiger partial charge in [0, 0.05) is 38.0 Å². The summed E-state index contributed by atoms with van der Waals surface area (Å²) < 4.78 is 12.2. The van der Waals surface area contributed by atoms with E-state index in [-0.39, 0.29) is 29.9 Å². The molecule has 1 aromatic rings. The Hall–Kier alpha value is -2.94. The molecule has 4 N–H and O–H groups in total. The van der Waals surface area contributed by atoms with Crippen LogP contribution in [0.5, 0.6) is 0 Å². The molecule has 3 saturated carbocycles. The molecule has 6 rings (SSSR count). The Morgan fingerprint density at radius 1 is 1.09 bits per heavy atom. The Kier molecular flexibility index (Phi) is 11.0. The first kappa shape index (κ1) is 39.7. The highest BCUT2D eigenvalue weighted by atomic mass is 16.6. The number of carbonyl (C=O) groups excluding carboxylic acids is 4. The monoisotopic (exact) mass is 734 g/mol. The zero-order valence-corrected chi connectivity index (χ0v) is 32.2. The van der Waals surface area contributed by atoms with E-state index in [2.05, 4.69) is 17.1 Å². The van der Waals surface area contributed by atoms with E-state index in [9.17, 15) is 34.5 Å². The van der Waals surface area contributed by atoms with Crippen molar-refractivity contribution in [2.24, 2.45) is 34.0 Å². The number of hydrogen-bond acceptors (Lipinski definition) is 12. The number of esters is 2. The number of ketones is 1. The van der Waals surface area contributed by atoms with Crippen LogP contribution in [-0.4, -0.2) is 126 Å². The van der Waals surface area contributed by atoms with E-state index < -0.39 is 76.4 Å². The quantitative estimate of drug-likeness (QED) is 0.120. The maximum Gasteiger partial charge on any atom is 0.350 e. The lowest BCUT2D eigenvalue weighted by Crippen LogP contribution is -2.72. The molecule has 11 atom stereocenters. The van der Waals surface area contributed by atoms with E-state index in [1.54, 1.807) is 44.2 Å². The third-order valence-electron chi connectivity index (χ3n) is 14.5. The summed E-state index contributed by atoms with van der Waals surface area (Å²) >= 11 is 0. The molecule has 1 radical (unpaired) electrons. The summed E-state index contributed by atoms with van der Waals surface area (Å²) in [5.41, 5.74) is -3.10. The first-order valence-electron chi connectivity index (χ1n) is 19.1. The van der Waals surface area contributed by atoms with E-state index in [0.29, 0.717) is 36.8 Å². The number of aliphatic hydroxyl groups is 3. The molecular weight excluding hydrogens is 677 g/mol. The van der Waals surface area contributed by atoms with E-state index in [1.807, 2.05) is 32.7 Å². The molecule has 0 aromatic heterocycles. The first-order chi connectivity index (χ1) is 24.9. The summed E-state index contributed by atoms with van der Waals surface area (Å²) in [5, 5.41) is 39.7. The first-order valence-corrected chi connectivity index (χ1v) is 19.1. The molecular formula is C40H57BN3O9. The summed E-state index contributed by atoms with van der Waals surface area (Å²) in [5.74, 6) is -2.87. The lowest BCUT2D eigenvalue weighted by atomic mass is 9.36. The standard InChI is InChI=1S/C40H57BN3O9/c1-23-27(20-40(51)24(2)34-38(5)14-13-26(38)19-28(46)39(34,6)35(49)32(48)30(23)37(40,3)4)52-36(50)33(31(42-41-22-45)25-11-9-8-10-12-25)53-29(47)21-44-17-15-43(7)16-18-44/h8-12,22,24,26-28,31-34,42,46,48,51H,13-21H2,1-7H3/t24-,26+,27-,28-,31-,32+,33+,34+,38+,39+,40+/m0/s1. The second-order valence-corrected chi connectivity index (χ2v) is 17.4. The Morgan fingerprint density at radius 3 is 2.36 bits per heavy atom. The van der Waals surface area contributed by atoms with Crippen LogP contribution in [0.2, 0.25) is 0 Å². The minimum absolute atomic E-state index is 0.0432. The van der Waals surface area contributed by atoms with Crippen LogP contribution in [0.25, 0.3) is 0 Å². The molecule has 1 aromatic carbocycles. The number of nitrogens with zero attached hydrogens (tertiary/aromatic N) is 2. The number of fused-ring (bicyclic) bond motifs is 5. The number of rotatable bonds is 10. The van der Waals surface area contributed by atoms with Crippen molar-refractivity contribution in [1.82, 2.24) is 15.0 Å². The fourth-order valence-electron chi connectivity index (χ4n) is 11.1. The number of hydrogen-bond donors (Lipinski definition) is 4. The largest absolute Gasteiger partial charge is 0.455 e. The summed E-state index contributed by atoms with van der Waals surface area (Å²) in [6.07, 6.45) is -2.57. The Morgan fingerprint density at radius 2 is 1.75 bits per heavy atom. The molecule has 1 aliphatic heterocycles. The third-order valence-corrected chi connectivity index (χ3v) is 14.5. The van der Waals surface area contributed by atoms with Crippen LogP contribution in [0.1, 0.15) is 78.8 Å². The van der Waals surface area contributed by atoms with Crippen LogP contribution >= 0.6 is 0 Å². The minimum atomic E-state index is -1.66. The average molecular weight is 735 g/mol. The second kappa shape index (κ2) is 14.6. The molecule has 12 nitrogen and oxygen atoms in total. The molecule has 13 heteroatoms. The zero-order chi connectivity index (χ0) is 38.7. The molecule has 4 aliphatic carbocycles. The van der Waals surface area contributed by atoms with Crippen molar-refractivity contribution in [2.45, 2.75) is 103 Å². The van der Waals surface area contributed by atoms with Gasteiger partial charge in [0.1, 0.15) is 12.2 Å². The summed E-state index contributed by atoms with van der Waals surface area (Å²) in [6, 6.07) is 7.83. The van der Waals surface area contributed by atoms with Gasteiger partial charge in [-0.2, -0.15) is 0 Å². The molecule has 1 heterocycles. The molecule has 0 amide bonds. The molecule has 0 spiro atoms. The van der Waals surface area contributed by atoms with Crippen LogP contribution in [0.4, 0.5) is 0 Å². The topological polar surface area (TPSA) is 166 Å². The highest BCUT2D eigenvalue weighted by molar-refractivity contribution is 6.64. The van der Waals surface area contributed by atoms with Crippen LogP contribution < -0.4 is 5.23 Å². The molecule has 4 fully saturated rings. The maximum absolute atomic E-state index is 14.6. The van der Waals surface area contributed by atoms with Crippen molar-refractivity contribution >= 4 is 31.3 Å². The van der Waals surface area contributed by atoms with Crippen molar-refractivity contribution in [1.29, 1.82) is 0 Å². The number of likely N-dealkylation sites (N-methyl/N-ethyl adjacent to an activating group) is 1. The van der Waals surface area contributed by atoms with Crippen molar-refractivity contribution < 1.29 is 44.0 Å². The SMILES string of the molecule is CC1=C2[C@@H](O)C(=O)[C@@]3(C)[C@H]([C@H](C)[C@](O)(C[C@@H]1OC(=O)[C@H](OC(=O)CN1CCN(C)CC1)[C@@H](N[B]C=O)c1ccccc1)C2(C)C)[C@]1(C)CC[C@@H]1C[C@@H]3O. The molecule has 289 valence electrons. The summed E-state index contributed by atoms with van der Waals surface area (Å²) in [4.78, 5) is 58.3. The van der Waals surface area contributed by atoms with Gasteiger partial charge in [-0.05, 0) is 80.0 Å². The number of carbonyl (C=O) groups is 4. The van der Waals surface area contributed by atoms with Gasteiger partial charge in [-0.25, -0.2) is 4.79 Å². The number of nitrogens with one attached hydrogen (secondary N) is 1. The lowest BCUT2D eigenvalue weighted by Gasteiger charge is -2.69. The van der Waals surface area contributed by atoms with E-state index >= 15 is 0 Å². The van der Waals surface area contributed by atoms with Gasteiger partial charge < -0.3 is 39.7 Å². The predicted molar refractivity (Wildman–Crippen MR) is 198 cm³/mol. The highest BCUT2D eigenvalue weighted by Crippen LogP contribution is 2.70. The summed E-state index contributed by atoms with van der Waals surface area (Å²) in [6.45, 7) is 14.0.